The second-order valence-corrected chi connectivity index (χ2v) is 9.22. The minimum absolute atomic E-state index is 0.0713. The smallest absolute Gasteiger partial charge is 0.411 e. The first-order valence-electron chi connectivity index (χ1n) is 12.5. The van der Waals surface area contributed by atoms with Gasteiger partial charge in [0.15, 0.2) is 0 Å². The largest absolute Gasteiger partial charge is 0.497 e. The van der Waals surface area contributed by atoms with Crippen LogP contribution in [0.15, 0.2) is 85.4 Å². The lowest BCUT2D eigenvalue weighted by Gasteiger charge is -2.43. The fourth-order valence-corrected chi connectivity index (χ4v) is 4.75. The standard InChI is InChI=1S/C31H35NO4/c1-4-25-11-15-27(16-12-25)24(2)32-21-20-31(36-30(32)33,28-9-6-5-7-10-28)19-8-22-35-23-26-13-17-29(34-3)18-14-26/h4-7,9-18,24H,1,8,19-23H2,2-3H3/t24-,31+/m0/s1. The summed E-state index contributed by atoms with van der Waals surface area (Å²) >= 11 is 0. The normalized spacial score (nSPS) is 18.4. The van der Waals surface area contributed by atoms with Crippen LogP contribution in [0.4, 0.5) is 4.79 Å². The molecule has 188 valence electrons. The third-order valence-electron chi connectivity index (χ3n) is 6.99. The monoisotopic (exact) mass is 485 g/mol. The average Bonchev–Trinajstić information content (AvgIpc) is 2.93. The van der Waals surface area contributed by atoms with E-state index in [-0.39, 0.29) is 12.1 Å². The molecule has 0 radical (unpaired) electrons. The van der Waals surface area contributed by atoms with Gasteiger partial charge in [-0.25, -0.2) is 4.79 Å². The Bertz CT molecular complexity index is 1130. The minimum atomic E-state index is -0.648. The van der Waals surface area contributed by atoms with Gasteiger partial charge in [-0.2, -0.15) is 0 Å². The van der Waals surface area contributed by atoms with E-state index in [1.165, 1.54) is 0 Å². The van der Waals surface area contributed by atoms with Crippen molar-refractivity contribution < 1.29 is 19.0 Å². The molecule has 3 aromatic carbocycles. The van der Waals surface area contributed by atoms with Crippen LogP contribution in [-0.2, 0) is 21.7 Å². The summed E-state index contributed by atoms with van der Waals surface area (Å²) < 4.78 is 17.4. The van der Waals surface area contributed by atoms with Gasteiger partial charge in [-0.3, -0.25) is 0 Å². The zero-order chi connectivity index (χ0) is 25.4. The highest BCUT2D eigenvalue weighted by atomic mass is 16.6. The van der Waals surface area contributed by atoms with E-state index >= 15 is 0 Å². The van der Waals surface area contributed by atoms with Crippen LogP contribution in [0.3, 0.4) is 0 Å². The average molecular weight is 486 g/mol. The Labute approximate surface area is 214 Å². The number of hydrogen-bond acceptors (Lipinski definition) is 4. The van der Waals surface area contributed by atoms with Crippen molar-refractivity contribution in [3.05, 3.63) is 108 Å². The summed E-state index contributed by atoms with van der Waals surface area (Å²) in [7, 11) is 1.66. The van der Waals surface area contributed by atoms with E-state index in [1.807, 2.05) is 84.6 Å². The third kappa shape index (κ3) is 5.97. The van der Waals surface area contributed by atoms with Gasteiger partial charge >= 0.3 is 6.09 Å². The SMILES string of the molecule is C=Cc1ccc([C@H](C)N2CC[C@](CCCOCc3ccc(OC)cc3)(c3ccccc3)OC2=O)cc1. The molecule has 0 saturated carbocycles. The minimum Gasteiger partial charge on any atom is -0.497 e. The number of methoxy groups -OCH3 is 1. The maximum Gasteiger partial charge on any atom is 0.411 e. The number of ether oxygens (including phenoxy) is 3. The van der Waals surface area contributed by atoms with Crippen molar-refractivity contribution in [2.75, 3.05) is 20.3 Å². The molecule has 1 heterocycles. The van der Waals surface area contributed by atoms with Gasteiger partial charge in [-0.1, -0.05) is 79.4 Å². The van der Waals surface area contributed by atoms with Crippen molar-refractivity contribution in [1.82, 2.24) is 4.90 Å². The fraction of sp³-hybridized carbons (Fsp3) is 0.323. The number of rotatable bonds is 11. The van der Waals surface area contributed by atoms with Crippen LogP contribution >= 0.6 is 0 Å². The molecule has 0 aliphatic carbocycles. The molecule has 0 bridgehead atoms. The summed E-state index contributed by atoms with van der Waals surface area (Å²) in [5.41, 5.74) is 3.63. The van der Waals surface area contributed by atoms with Gasteiger partial charge in [0.2, 0.25) is 0 Å². The molecule has 1 fully saturated rings. The van der Waals surface area contributed by atoms with Gasteiger partial charge in [0.05, 0.1) is 19.8 Å². The molecule has 0 aromatic heterocycles. The Morgan fingerprint density at radius 2 is 1.78 bits per heavy atom. The number of carbonyl (C=O) groups is 1. The van der Waals surface area contributed by atoms with E-state index in [0.717, 1.165) is 40.8 Å². The van der Waals surface area contributed by atoms with E-state index in [9.17, 15) is 4.79 Å². The van der Waals surface area contributed by atoms with Crippen LogP contribution in [0.25, 0.3) is 6.08 Å². The van der Waals surface area contributed by atoms with E-state index in [1.54, 1.807) is 7.11 Å². The second kappa shape index (κ2) is 11.9. The van der Waals surface area contributed by atoms with E-state index in [2.05, 4.69) is 18.7 Å². The summed E-state index contributed by atoms with van der Waals surface area (Å²) in [5.74, 6) is 0.833. The van der Waals surface area contributed by atoms with Crippen LogP contribution < -0.4 is 4.74 Å². The number of hydrogen-bond donors (Lipinski definition) is 0. The third-order valence-corrected chi connectivity index (χ3v) is 6.99. The Balaban J connectivity index is 1.38. The van der Waals surface area contributed by atoms with E-state index < -0.39 is 5.60 Å². The molecule has 36 heavy (non-hydrogen) atoms. The quantitative estimate of drug-likeness (QED) is 0.271. The summed E-state index contributed by atoms with van der Waals surface area (Å²) in [6.07, 6.45) is 3.78. The van der Waals surface area contributed by atoms with Crippen LogP contribution in [0, 0.1) is 0 Å². The molecule has 4 rings (SSSR count). The Hall–Kier alpha value is -3.57. The van der Waals surface area contributed by atoms with Gasteiger partial charge in [0.25, 0.3) is 0 Å². The van der Waals surface area contributed by atoms with Gasteiger partial charge < -0.3 is 19.1 Å². The maximum absolute atomic E-state index is 13.3. The van der Waals surface area contributed by atoms with Gasteiger partial charge in [0, 0.05) is 19.6 Å². The Kier molecular flexibility index (Phi) is 8.44. The first-order valence-corrected chi connectivity index (χ1v) is 12.5. The molecule has 0 N–H and O–H groups in total. The molecule has 0 spiro atoms. The topological polar surface area (TPSA) is 48.0 Å². The molecular weight excluding hydrogens is 450 g/mol. The zero-order valence-corrected chi connectivity index (χ0v) is 21.2. The first kappa shape index (κ1) is 25.5. The Morgan fingerprint density at radius 3 is 2.42 bits per heavy atom. The molecule has 1 aliphatic rings. The lowest BCUT2D eigenvalue weighted by molar-refractivity contribution is -0.0695. The predicted octanol–water partition coefficient (Wildman–Crippen LogP) is 7.13. The molecule has 5 heteroatoms. The first-order chi connectivity index (χ1) is 17.5. The highest BCUT2D eigenvalue weighted by molar-refractivity contribution is 5.70. The number of amides is 1. The van der Waals surface area contributed by atoms with Crippen LogP contribution in [0.5, 0.6) is 5.75 Å². The predicted molar refractivity (Wildman–Crippen MR) is 143 cm³/mol. The molecule has 1 amide bonds. The molecule has 2 atom stereocenters. The molecule has 0 unspecified atom stereocenters. The number of carbonyl (C=O) groups excluding carboxylic acids is 1. The lowest BCUT2D eigenvalue weighted by atomic mass is 9.84. The van der Waals surface area contributed by atoms with E-state index in [0.29, 0.717) is 26.2 Å². The highest BCUT2D eigenvalue weighted by Crippen LogP contribution is 2.40. The van der Waals surface area contributed by atoms with E-state index in [4.69, 9.17) is 14.2 Å². The van der Waals surface area contributed by atoms with Crippen LogP contribution in [0.2, 0.25) is 0 Å². The molecule has 3 aromatic rings. The highest BCUT2D eigenvalue weighted by Gasteiger charge is 2.43. The zero-order valence-electron chi connectivity index (χ0n) is 21.2. The van der Waals surface area contributed by atoms with Crippen LogP contribution in [0.1, 0.15) is 54.5 Å². The van der Waals surface area contributed by atoms with Crippen molar-refractivity contribution in [1.29, 1.82) is 0 Å². The van der Waals surface area contributed by atoms with Crippen molar-refractivity contribution in [3.63, 3.8) is 0 Å². The van der Waals surface area contributed by atoms with Crippen LogP contribution in [-0.4, -0.2) is 31.3 Å². The number of benzene rings is 3. The summed E-state index contributed by atoms with van der Waals surface area (Å²) in [6.45, 7) is 7.62. The van der Waals surface area contributed by atoms with Gasteiger partial charge in [-0.05, 0) is 54.2 Å². The number of nitrogens with zero attached hydrogens (tertiary/aromatic N) is 1. The number of cyclic esters (lactones) is 1. The second-order valence-electron chi connectivity index (χ2n) is 9.22. The lowest BCUT2D eigenvalue weighted by Crippen LogP contribution is -2.48. The summed E-state index contributed by atoms with van der Waals surface area (Å²) in [4.78, 5) is 15.1. The van der Waals surface area contributed by atoms with Crippen molar-refractivity contribution in [2.45, 2.75) is 44.4 Å². The van der Waals surface area contributed by atoms with Gasteiger partial charge in [0.1, 0.15) is 11.4 Å². The van der Waals surface area contributed by atoms with Crippen molar-refractivity contribution in [2.24, 2.45) is 0 Å². The Morgan fingerprint density at radius 1 is 1.06 bits per heavy atom. The maximum atomic E-state index is 13.3. The molecular formula is C31H35NO4. The molecule has 5 nitrogen and oxygen atoms in total. The van der Waals surface area contributed by atoms with Gasteiger partial charge in [-0.15, -0.1) is 0 Å². The molecule has 1 saturated heterocycles. The fourth-order valence-electron chi connectivity index (χ4n) is 4.75. The molecule has 1 aliphatic heterocycles. The van der Waals surface area contributed by atoms with Crippen molar-refractivity contribution in [3.8, 4) is 5.75 Å². The summed E-state index contributed by atoms with van der Waals surface area (Å²) in [5, 5.41) is 0. The van der Waals surface area contributed by atoms with Crippen molar-refractivity contribution >= 4 is 12.2 Å². The summed E-state index contributed by atoms with van der Waals surface area (Å²) in [6, 6.07) is 26.1.